The minimum Gasteiger partial charge on any atom is -0.336 e. The molecule has 2 amide bonds. The van der Waals surface area contributed by atoms with E-state index in [4.69, 9.17) is 0 Å². The Bertz CT molecular complexity index is 450. The molecule has 0 unspecified atom stereocenters. The lowest BCUT2D eigenvalue weighted by atomic mass is 10.1. The van der Waals surface area contributed by atoms with Crippen LogP contribution >= 0.6 is 0 Å². The maximum atomic E-state index is 12.9. The fourth-order valence-electron chi connectivity index (χ4n) is 2.23. The van der Waals surface area contributed by atoms with Crippen molar-refractivity contribution in [1.29, 1.82) is 0 Å². The van der Waals surface area contributed by atoms with E-state index in [0.29, 0.717) is 0 Å². The van der Waals surface area contributed by atoms with Crippen LogP contribution in [0.15, 0.2) is 18.2 Å². The fourth-order valence-corrected chi connectivity index (χ4v) is 2.23. The van der Waals surface area contributed by atoms with Gasteiger partial charge in [-0.3, -0.25) is 0 Å². The van der Waals surface area contributed by atoms with Gasteiger partial charge in [-0.05, 0) is 43.1 Å². The minimum atomic E-state index is -0.186. The molecule has 0 bridgehead atoms. The Balaban J connectivity index is 1.65. The summed E-state index contributed by atoms with van der Waals surface area (Å²) in [6.45, 7) is 5.81. The lowest BCUT2D eigenvalue weighted by Crippen LogP contribution is -2.35. The van der Waals surface area contributed by atoms with E-state index >= 15 is 0 Å². The van der Waals surface area contributed by atoms with Crippen molar-refractivity contribution in [2.75, 3.05) is 32.7 Å². The molecule has 19 heavy (non-hydrogen) atoms. The van der Waals surface area contributed by atoms with Crippen LogP contribution in [0.25, 0.3) is 0 Å². The van der Waals surface area contributed by atoms with Gasteiger partial charge in [0.05, 0.1) is 0 Å². The molecule has 1 fully saturated rings. The first-order chi connectivity index (χ1) is 9.16. The molecular formula is C14H20FN3O. The third-order valence-corrected chi connectivity index (χ3v) is 3.38. The average molecular weight is 265 g/mol. The summed E-state index contributed by atoms with van der Waals surface area (Å²) in [6.07, 6.45) is 0.873. The third kappa shape index (κ3) is 3.92. The lowest BCUT2D eigenvalue weighted by Gasteiger charge is -2.14. The zero-order chi connectivity index (χ0) is 13.7. The average Bonchev–Trinajstić information content (AvgIpc) is 2.77. The quantitative estimate of drug-likeness (QED) is 0.761. The first-order valence-electron chi connectivity index (χ1n) is 6.65. The summed E-state index contributed by atoms with van der Waals surface area (Å²) in [4.78, 5) is 13.1. The molecule has 5 heteroatoms. The van der Waals surface area contributed by atoms with E-state index in [1.807, 2.05) is 13.0 Å². The van der Waals surface area contributed by atoms with Gasteiger partial charge in [0.25, 0.3) is 0 Å². The summed E-state index contributed by atoms with van der Waals surface area (Å²) in [5.74, 6) is -0.186. The normalized spacial score (nSPS) is 14.8. The number of halogens is 1. The van der Waals surface area contributed by atoms with Crippen LogP contribution in [0.5, 0.6) is 0 Å². The smallest absolute Gasteiger partial charge is 0.317 e. The predicted molar refractivity (Wildman–Crippen MR) is 72.7 cm³/mol. The predicted octanol–water partition coefficient (Wildman–Crippen LogP) is 1.29. The van der Waals surface area contributed by atoms with Crippen molar-refractivity contribution in [2.45, 2.75) is 13.3 Å². The molecule has 0 saturated carbocycles. The highest BCUT2D eigenvalue weighted by Gasteiger charge is 2.17. The van der Waals surface area contributed by atoms with Crippen LogP contribution < -0.4 is 10.6 Å². The monoisotopic (exact) mass is 265 g/mol. The van der Waals surface area contributed by atoms with Crippen molar-refractivity contribution in [3.63, 3.8) is 0 Å². The molecule has 1 aliphatic rings. The van der Waals surface area contributed by atoms with Crippen molar-refractivity contribution in [1.82, 2.24) is 15.5 Å². The summed E-state index contributed by atoms with van der Waals surface area (Å²) in [6, 6.07) is 4.91. The molecule has 2 rings (SSSR count). The first-order valence-corrected chi connectivity index (χ1v) is 6.65. The molecule has 0 aliphatic carbocycles. The number of carbonyl (C=O) groups excluding carboxylic acids is 1. The highest BCUT2D eigenvalue weighted by atomic mass is 19.1. The Morgan fingerprint density at radius 1 is 1.42 bits per heavy atom. The highest BCUT2D eigenvalue weighted by molar-refractivity contribution is 5.76. The molecule has 1 aliphatic heterocycles. The van der Waals surface area contributed by atoms with Crippen LogP contribution in [0.4, 0.5) is 9.18 Å². The second-order valence-electron chi connectivity index (χ2n) is 4.79. The van der Waals surface area contributed by atoms with E-state index in [1.54, 1.807) is 11.0 Å². The number of amides is 2. The van der Waals surface area contributed by atoms with Crippen molar-refractivity contribution in [3.05, 3.63) is 35.1 Å². The largest absolute Gasteiger partial charge is 0.336 e. The van der Waals surface area contributed by atoms with Crippen molar-refractivity contribution in [2.24, 2.45) is 0 Å². The molecule has 0 atom stereocenters. The Labute approximate surface area is 113 Å². The number of urea groups is 1. The maximum absolute atomic E-state index is 12.9. The molecular weight excluding hydrogens is 245 g/mol. The molecule has 1 aromatic rings. The van der Waals surface area contributed by atoms with Crippen molar-refractivity contribution < 1.29 is 9.18 Å². The zero-order valence-electron chi connectivity index (χ0n) is 11.2. The molecule has 1 heterocycles. The number of aryl methyl sites for hydroxylation is 1. The third-order valence-electron chi connectivity index (χ3n) is 3.38. The molecule has 104 valence electrons. The van der Waals surface area contributed by atoms with E-state index in [1.165, 1.54) is 6.07 Å². The van der Waals surface area contributed by atoms with Crippen LogP contribution in [0.1, 0.15) is 11.1 Å². The zero-order valence-corrected chi connectivity index (χ0v) is 11.2. The Morgan fingerprint density at radius 3 is 2.95 bits per heavy atom. The molecule has 0 aromatic heterocycles. The van der Waals surface area contributed by atoms with Gasteiger partial charge in [0.15, 0.2) is 0 Å². The van der Waals surface area contributed by atoms with Gasteiger partial charge in [0.2, 0.25) is 0 Å². The summed E-state index contributed by atoms with van der Waals surface area (Å²) < 4.78 is 12.9. The van der Waals surface area contributed by atoms with E-state index in [-0.39, 0.29) is 11.8 Å². The number of hydrogen-bond donors (Lipinski definition) is 2. The van der Waals surface area contributed by atoms with E-state index in [9.17, 15) is 9.18 Å². The van der Waals surface area contributed by atoms with Crippen LogP contribution in [-0.2, 0) is 6.42 Å². The number of rotatable bonds is 6. The van der Waals surface area contributed by atoms with Gasteiger partial charge in [-0.1, -0.05) is 6.07 Å². The number of nitrogens with zero attached hydrogens (tertiary/aromatic N) is 1. The van der Waals surface area contributed by atoms with Crippen molar-refractivity contribution >= 4 is 6.03 Å². The van der Waals surface area contributed by atoms with Crippen LogP contribution in [-0.4, -0.2) is 43.7 Å². The number of carbonyl (C=O) groups is 1. The topological polar surface area (TPSA) is 44.4 Å². The molecule has 2 N–H and O–H groups in total. The van der Waals surface area contributed by atoms with Gasteiger partial charge in [0.1, 0.15) is 5.82 Å². The summed E-state index contributed by atoms with van der Waals surface area (Å²) >= 11 is 0. The minimum absolute atomic E-state index is 0.0242. The Kier molecular flexibility index (Phi) is 4.74. The molecule has 1 aromatic carbocycles. The standard InChI is InChI=1S/C14H20FN3O/c1-11-10-13(15)3-2-12(11)4-5-16-6-8-18-9-7-17-14(18)19/h2-3,10,16H,4-9H2,1H3,(H,17,19). The number of benzene rings is 1. The number of nitrogens with one attached hydrogen (secondary N) is 2. The fraction of sp³-hybridized carbons (Fsp3) is 0.500. The van der Waals surface area contributed by atoms with Crippen molar-refractivity contribution in [3.8, 4) is 0 Å². The molecule has 0 spiro atoms. The van der Waals surface area contributed by atoms with Crippen LogP contribution in [0.3, 0.4) is 0 Å². The highest BCUT2D eigenvalue weighted by Crippen LogP contribution is 2.10. The van der Waals surface area contributed by atoms with Gasteiger partial charge >= 0.3 is 6.03 Å². The van der Waals surface area contributed by atoms with Gasteiger partial charge < -0.3 is 15.5 Å². The van der Waals surface area contributed by atoms with Gasteiger partial charge in [0, 0.05) is 26.2 Å². The van der Waals surface area contributed by atoms with E-state index in [2.05, 4.69) is 10.6 Å². The van der Waals surface area contributed by atoms with Crippen LogP contribution in [0, 0.1) is 12.7 Å². The lowest BCUT2D eigenvalue weighted by molar-refractivity contribution is 0.217. The van der Waals surface area contributed by atoms with Gasteiger partial charge in [-0.2, -0.15) is 0 Å². The van der Waals surface area contributed by atoms with Gasteiger partial charge in [-0.25, -0.2) is 9.18 Å². The molecule has 0 radical (unpaired) electrons. The number of hydrogen-bond acceptors (Lipinski definition) is 2. The summed E-state index contributed by atoms with van der Waals surface area (Å²) in [5, 5.41) is 6.08. The molecule has 4 nitrogen and oxygen atoms in total. The SMILES string of the molecule is Cc1cc(F)ccc1CCNCCN1CCNC1=O. The second kappa shape index (κ2) is 6.52. The Morgan fingerprint density at radius 2 is 2.26 bits per heavy atom. The van der Waals surface area contributed by atoms with Crippen LogP contribution in [0.2, 0.25) is 0 Å². The summed E-state index contributed by atoms with van der Waals surface area (Å²) in [5.41, 5.74) is 2.15. The molecule has 1 saturated heterocycles. The maximum Gasteiger partial charge on any atom is 0.317 e. The Hall–Kier alpha value is -1.62. The summed E-state index contributed by atoms with van der Waals surface area (Å²) in [7, 11) is 0. The van der Waals surface area contributed by atoms with E-state index in [0.717, 1.165) is 50.3 Å². The van der Waals surface area contributed by atoms with Gasteiger partial charge in [-0.15, -0.1) is 0 Å². The second-order valence-corrected chi connectivity index (χ2v) is 4.79. The first kappa shape index (κ1) is 13.8. The van der Waals surface area contributed by atoms with E-state index < -0.39 is 0 Å².